The quantitative estimate of drug-likeness (QED) is 0.547. The van der Waals surface area contributed by atoms with E-state index in [1.54, 1.807) is 6.33 Å². The first-order chi connectivity index (χ1) is 15.8. The highest BCUT2D eigenvalue weighted by atomic mass is 35.5. The minimum Gasteiger partial charge on any atom is -0.309 e. The summed E-state index contributed by atoms with van der Waals surface area (Å²) in [5.41, 5.74) is 1.50. The zero-order valence-electron chi connectivity index (χ0n) is 18.5. The molecule has 4 aliphatic carbocycles. The highest BCUT2D eigenvalue weighted by Crippen LogP contribution is 2.64. The van der Waals surface area contributed by atoms with Gasteiger partial charge in [0.05, 0.1) is 17.5 Å². The molecule has 7 nitrogen and oxygen atoms in total. The van der Waals surface area contributed by atoms with Crippen LogP contribution in [-0.2, 0) is 16.9 Å². The fraction of sp³-hybridized carbons (Fsp3) is 0.500. The van der Waals surface area contributed by atoms with Gasteiger partial charge >= 0.3 is 0 Å². The topological polar surface area (TPSA) is 77.6 Å². The first-order valence-corrected chi connectivity index (χ1v) is 12.3. The monoisotopic (exact) mass is 484 g/mol. The SMILES string of the molecule is Cc1cc(NC(=O)C23CC4CC(C2)CC(n2cnc(Cl)n2)(C4)C3)nn1Cc1cccc(Cl)c1. The van der Waals surface area contributed by atoms with Crippen molar-refractivity contribution in [3.05, 3.63) is 58.2 Å². The van der Waals surface area contributed by atoms with Gasteiger partial charge < -0.3 is 5.32 Å². The number of aryl methyl sites for hydroxylation is 1. The lowest BCUT2D eigenvalue weighted by molar-refractivity contribution is -0.150. The van der Waals surface area contributed by atoms with Gasteiger partial charge in [-0.05, 0) is 86.6 Å². The van der Waals surface area contributed by atoms with E-state index in [2.05, 4.69) is 20.5 Å². The molecule has 2 atom stereocenters. The van der Waals surface area contributed by atoms with E-state index >= 15 is 0 Å². The smallest absolute Gasteiger partial charge is 0.242 e. The van der Waals surface area contributed by atoms with Crippen LogP contribution in [0.4, 0.5) is 5.82 Å². The van der Waals surface area contributed by atoms with Crippen molar-refractivity contribution in [1.82, 2.24) is 24.5 Å². The highest BCUT2D eigenvalue weighted by molar-refractivity contribution is 6.30. The number of amides is 1. The van der Waals surface area contributed by atoms with Gasteiger partial charge in [0.25, 0.3) is 0 Å². The van der Waals surface area contributed by atoms with Gasteiger partial charge in [-0.25, -0.2) is 9.67 Å². The third kappa shape index (κ3) is 3.66. The number of halogens is 2. The van der Waals surface area contributed by atoms with Crippen LogP contribution in [0.25, 0.3) is 0 Å². The van der Waals surface area contributed by atoms with Crippen LogP contribution >= 0.6 is 23.2 Å². The van der Waals surface area contributed by atoms with Crippen molar-refractivity contribution in [3.8, 4) is 0 Å². The number of aromatic nitrogens is 5. The second kappa shape index (κ2) is 7.57. The van der Waals surface area contributed by atoms with Crippen LogP contribution in [-0.4, -0.2) is 30.5 Å². The van der Waals surface area contributed by atoms with Crippen molar-refractivity contribution < 1.29 is 4.79 Å². The number of anilines is 1. The molecule has 7 rings (SSSR count). The Bertz CT molecular complexity index is 1220. The number of hydrogen-bond donors (Lipinski definition) is 1. The van der Waals surface area contributed by atoms with E-state index in [4.69, 9.17) is 23.2 Å². The number of nitrogens with one attached hydrogen (secondary N) is 1. The maximum atomic E-state index is 13.7. The molecule has 0 spiro atoms. The number of carbonyl (C=O) groups excluding carboxylic acids is 1. The van der Waals surface area contributed by atoms with E-state index in [0.717, 1.165) is 43.4 Å². The van der Waals surface area contributed by atoms with Crippen LogP contribution in [0.15, 0.2) is 36.7 Å². The van der Waals surface area contributed by atoms with Gasteiger partial charge in [0.15, 0.2) is 5.82 Å². The van der Waals surface area contributed by atoms with Crippen LogP contribution in [0.5, 0.6) is 0 Å². The second-order valence-electron chi connectivity index (χ2n) is 10.3. The van der Waals surface area contributed by atoms with E-state index in [9.17, 15) is 4.79 Å². The summed E-state index contributed by atoms with van der Waals surface area (Å²) in [6.07, 6.45) is 7.68. The number of nitrogens with zero attached hydrogens (tertiary/aromatic N) is 5. The Hall–Kier alpha value is -2.38. The van der Waals surface area contributed by atoms with Crippen molar-refractivity contribution in [1.29, 1.82) is 0 Å². The fourth-order valence-corrected chi connectivity index (χ4v) is 7.35. The Balaban J connectivity index is 1.24. The predicted molar refractivity (Wildman–Crippen MR) is 126 cm³/mol. The molecule has 3 aromatic rings. The zero-order valence-corrected chi connectivity index (χ0v) is 20.0. The predicted octanol–water partition coefficient (Wildman–Crippen LogP) is 5.07. The maximum absolute atomic E-state index is 13.7. The summed E-state index contributed by atoms with van der Waals surface area (Å²) in [7, 11) is 0. The first-order valence-electron chi connectivity index (χ1n) is 11.5. The lowest BCUT2D eigenvalue weighted by Crippen LogP contribution is -2.60. The van der Waals surface area contributed by atoms with Crippen molar-refractivity contribution >= 4 is 34.9 Å². The van der Waals surface area contributed by atoms with Crippen molar-refractivity contribution in [3.63, 3.8) is 0 Å². The highest BCUT2D eigenvalue weighted by Gasteiger charge is 2.61. The summed E-state index contributed by atoms with van der Waals surface area (Å²) < 4.78 is 3.85. The summed E-state index contributed by atoms with van der Waals surface area (Å²) in [6, 6.07) is 9.70. The van der Waals surface area contributed by atoms with Gasteiger partial charge in [-0.1, -0.05) is 23.7 Å². The number of rotatable bonds is 5. The molecule has 0 aliphatic heterocycles. The molecular weight excluding hydrogens is 459 g/mol. The molecule has 0 saturated heterocycles. The van der Waals surface area contributed by atoms with Gasteiger partial charge in [0.2, 0.25) is 11.2 Å². The normalized spacial score (nSPS) is 30.0. The van der Waals surface area contributed by atoms with Gasteiger partial charge in [-0.2, -0.15) is 5.10 Å². The van der Waals surface area contributed by atoms with E-state index in [-0.39, 0.29) is 16.7 Å². The molecule has 4 bridgehead atoms. The Morgan fingerprint density at radius 1 is 1.15 bits per heavy atom. The Morgan fingerprint density at radius 2 is 1.94 bits per heavy atom. The van der Waals surface area contributed by atoms with Crippen LogP contribution in [0.3, 0.4) is 0 Å². The first kappa shape index (κ1) is 21.2. The summed E-state index contributed by atoms with van der Waals surface area (Å²) in [6.45, 7) is 2.61. The van der Waals surface area contributed by atoms with Crippen LogP contribution in [0.1, 0.15) is 49.8 Å². The van der Waals surface area contributed by atoms with E-state index in [1.165, 1.54) is 6.42 Å². The molecule has 2 aromatic heterocycles. The maximum Gasteiger partial charge on any atom is 0.242 e. The Labute approximate surface area is 202 Å². The minimum absolute atomic E-state index is 0.0830. The molecule has 2 heterocycles. The average Bonchev–Trinajstić information content (AvgIpc) is 3.33. The lowest BCUT2D eigenvalue weighted by Gasteiger charge is -2.60. The molecule has 2 unspecified atom stereocenters. The molecule has 9 heteroatoms. The molecule has 172 valence electrons. The van der Waals surface area contributed by atoms with Crippen LogP contribution in [0.2, 0.25) is 10.3 Å². The van der Waals surface area contributed by atoms with E-state index in [0.29, 0.717) is 29.2 Å². The average molecular weight is 485 g/mol. The third-order valence-electron chi connectivity index (χ3n) is 7.91. The molecule has 1 N–H and O–H groups in total. The number of hydrogen-bond acceptors (Lipinski definition) is 4. The van der Waals surface area contributed by atoms with E-state index in [1.807, 2.05) is 46.6 Å². The van der Waals surface area contributed by atoms with Gasteiger partial charge in [0, 0.05) is 16.8 Å². The molecule has 4 aliphatic rings. The van der Waals surface area contributed by atoms with Crippen molar-refractivity contribution in [2.75, 3.05) is 5.32 Å². The molecule has 0 radical (unpaired) electrons. The lowest BCUT2D eigenvalue weighted by atomic mass is 9.46. The van der Waals surface area contributed by atoms with E-state index < -0.39 is 5.41 Å². The Kier molecular flexibility index (Phi) is 4.86. The largest absolute Gasteiger partial charge is 0.309 e. The van der Waals surface area contributed by atoms with Crippen LogP contribution < -0.4 is 5.32 Å². The fourth-order valence-electron chi connectivity index (χ4n) is 7.01. The molecule has 4 fully saturated rings. The molecule has 33 heavy (non-hydrogen) atoms. The van der Waals surface area contributed by atoms with Crippen molar-refractivity contribution in [2.45, 2.75) is 57.5 Å². The zero-order chi connectivity index (χ0) is 22.8. The standard InChI is InChI=1S/C24H26Cl2N6O/c1-15-5-20(29-31(15)12-16-3-2-4-19(25)7-16)28-21(33)23-8-17-6-18(9-23)11-24(10-17,13-23)32-14-27-22(26)30-32/h2-5,7,14,17-18H,6,8-13H2,1H3,(H,28,29,33). The summed E-state index contributed by atoms with van der Waals surface area (Å²) in [5.74, 6) is 1.75. The van der Waals surface area contributed by atoms with Gasteiger partial charge in [-0.15, -0.1) is 5.10 Å². The number of benzene rings is 1. The summed E-state index contributed by atoms with van der Waals surface area (Å²) in [5, 5.41) is 13.3. The van der Waals surface area contributed by atoms with Gasteiger partial charge in [0.1, 0.15) is 6.33 Å². The minimum atomic E-state index is -0.396. The summed E-state index contributed by atoms with van der Waals surface area (Å²) >= 11 is 12.2. The molecule has 1 aromatic carbocycles. The second-order valence-corrected chi connectivity index (χ2v) is 11.1. The number of carbonyl (C=O) groups is 1. The summed E-state index contributed by atoms with van der Waals surface area (Å²) in [4.78, 5) is 17.9. The van der Waals surface area contributed by atoms with Gasteiger partial charge in [-0.3, -0.25) is 9.48 Å². The van der Waals surface area contributed by atoms with Crippen LogP contribution in [0, 0.1) is 24.2 Å². The van der Waals surface area contributed by atoms with Crippen molar-refractivity contribution in [2.24, 2.45) is 17.3 Å². The molecular formula is C24H26Cl2N6O. The molecule has 1 amide bonds. The Morgan fingerprint density at radius 3 is 2.64 bits per heavy atom. The molecule has 4 saturated carbocycles. The third-order valence-corrected chi connectivity index (χ3v) is 8.31.